The maximum atomic E-state index is 6.44. The van der Waals surface area contributed by atoms with E-state index in [1.165, 1.54) is 29.7 Å². The van der Waals surface area contributed by atoms with Crippen LogP contribution in [0.1, 0.15) is 30.9 Å². The predicted octanol–water partition coefficient (Wildman–Crippen LogP) is 3.16. The lowest BCUT2D eigenvalue weighted by Gasteiger charge is -2.30. The zero-order valence-electron chi connectivity index (χ0n) is 11.5. The van der Waals surface area contributed by atoms with Crippen LogP contribution in [0.5, 0.6) is 5.75 Å². The normalized spacial score (nSPS) is 25.1. The molecule has 2 N–H and O–H groups in total. The second-order valence-corrected chi connectivity index (χ2v) is 7.02. The molecule has 1 aliphatic rings. The van der Waals surface area contributed by atoms with Crippen LogP contribution in [0, 0.1) is 6.92 Å². The molecule has 1 saturated heterocycles. The van der Waals surface area contributed by atoms with E-state index in [0.29, 0.717) is 0 Å². The molecule has 18 heavy (non-hydrogen) atoms. The van der Waals surface area contributed by atoms with Crippen molar-refractivity contribution in [3.05, 3.63) is 29.3 Å². The summed E-state index contributed by atoms with van der Waals surface area (Å²) in [6.45, 7) is 4.41. The molecule has 1 heterocycles. The van der Waals surface area contributed by atoms with Crippen LogP contribution in [-0.4, -0.2) is 23.7 Å². The highest BCUT2D eigenvalue weighted by molar-refractivity contribution is 8.00. The third kappa shape index (κ3) is 2.83. The first-order valence-corrected chi connectivity index (χ1v) is 7.57. The standard InChI is InChI=1S/C15H23NOS/c1-11-5-6-13(17-3)12(9-11)10-14(16)15(2)7-4-8-18-15/h5-6,9,14H,4,7-8,10,16H2,1-3H3. The number of aryl methyl sites for hydroxylation is 1. The third-order valence-electron chi connectivity index (χ3n) is 3.91. The molecule has 0 radical (unpaired) electrons. The number of hydrogen-bond acceptors (Lipinski definition) is 3. The van der Waals surface area contributed by atoms with Gasteiger partial charge in [0.1, 0.15) is 5.75 Å². The number of ether oxygens (including phenoxy) is 1. The summed E-state index contributed by atoms with van der Waals surface area (Å²) in [4.78, 5) is 0. The molecule has 2 atom stereocenters. The van der Waals surface area contributed by atoms with Gasteiger partial charge in [-0.05, 0) is 50.5 Å². The number of rotatable bonds is 4. The van der Waals surface area contributed by atoms with Gasteiger partial charge in [-0.3, -0.25) is 0 Å². The average molecular weight is 265 g/mol. The van der Waals surface area contributed by atoms with Crippen molar-refractivity contribution in [2.45, 2.75) is 43.9 Å². The second-order valence-electron chi connectivity index (χ2n) is 5.39. The van der Waals surface area contributed by atoms with Crippen molar-refractivity contribution in [1.82, 2.24) is 0 Å². The molecule has 0 spiro atoms. The molecule has 0 aromatic heterocycles. The van der Waals surface area contributed by atoms with Crippen molar-refractivity contribution in [1.29, 1.82) is 0 Å². The van der Waals surface area contributed by atoms with Crippen LogP contribution >= 0.6 is 11.8 Å². The predicted molar refractivity (Wildman–Crippen MR) is 79.5 cm³/mol. The Kier molecular flexibility index (Phi) is 4.23. The Bertz CT molecular complexity index is 413. The molecule has 0 amide bonds. The SMILES string of the molecule is COc1ccc(C)cc1CC(N)C1(C)CCCS1. The quantitative estimate of drug-likeness (QED) is 0.908. The van der Waals surface area contributed by atoms with Crippen molar-refractivity contribution in [2.75, 3.05) is 12.9 Å². The molecule has 1 aromatic carbocycles. The van der Waals surface area contributed by atoms with Crippen LogP contribution in [0.4, 0.5) is 0 Å². The lowest BCUT2D eigenvalue weighted by atomic mass is 9.91. The lowest BCUT2D eigenvalue weighted by molar-refractivity contribution is 0.403. The Morgan fingerprint density at radius 2 is 2.28 bits per heavy atom. The van der Waals surface area contributed by atoms with Crippen LogP contribution < -0.4 is 10.5 Å². The van der Waals surface area contributed by atoms with E-state index in [1.807, 2.05) is 17.8 Å². The summed E-state index contributed by atoms with van der Waals surface area (Å²) in [6, 6.07) is 6.52. The first-order chi connectivity index (χ1) is 8.55. The van der Waals surface area contributed by atoms with E-state index in [2.05, 4.69) is 26.0 Å². The minimum absolute atomic E-state index is 0.195. The number of thioether (sulfide) groups is 1. The molecule has 2 rings (SSSR count). The van der Waals surface area contributed by atoms with E-state index < -0.39 is 0 Å². The van der Waals surface area contributed by atoms with E-state index in [1.54, 1.807) is 7.11 Å². The average Bonchev–Trinajstić information content (AvgIpc) is 2.78. The maximum Gasteiger partial charge on any atom is 0.122 e. The van der Waals surface area contributed by atoms with Gasteiger partial charge in [0.2, 0.25) is 0 Å². The first kappa shape index (κ1) is 13.8. The summed E-state index contributed by atoms with van der Waals surface area (Å²) in [7, 11) is 1.73. The molecular weight excluding hydrogens is 242 g/mol. The van der Waals surface area contributed by atoms with Crippen molar-refractivity contribution >= 4 is 11.8 Å². The van der Waals surface area contributed by atoms with Gasteiger partial charge in [-0.25, -0.2) is 0 Å². The molecule has 1 fully saturated rings. The van der Waals surface area contributed by atoms with E-state index >= 15 is 0 Å². The maximum absolute atomic E-state index is 6.44. The van der Waals surface area contributed by atoms with Crippen LogP contribution in [-0.2, 0) is 6.42 Å². The van der Waals surface area contributed by atoms with Crippen LogP contribution in [0.3, 0.4) is 0 Å². The van der Waals surface area contributed by atoms with Gasteiger partial charge in [-0.1, -0.05) is 17.7 Å². The molecule has 1 aromatic rings. The molecule has 2 unspecified atom stereocenters. The smallest absolute Gasteiger partial charge is 0.122 e. The Hall–Kier alpha value is -0.670. The van der Waals surface area contributed by atoms with Crippen molar-refractivity contribution in [3.8, 4) is 5.75 Å². The number of benzene rings is 1. The molecule has 1 aliphatic heterocycles. The lowest BCUT2D eigenvalue weighted by Crippen LogP contribution is -2.42. The topological polar surface area (TPSA) is 35.2 Å². The van der Waals surface area contributed by atoms with Gasteiger partial charge in [-0.15, -0.1) is 0 Å². The minimum Gasteiger partial charge on any atom is -0.496 e. The highest BCUT2D eigenvalue weighted by Gasteiger charge is 2.35. The second kappa shape index (κ2) is 5.54. The summed E-state index contributed by atoms with van der Waals surface area (Å²) in [5.74, 6) is 2.21. The fourth-order valence-electron chi connectivity index (χ4n) is 2.61. The van der Waals surface area contributed by atoms with Gasteiger partial charge in [-0.2, -0.15) is 11.8 Å². The van der Waals surface area contributed by atoms with Gasteiger partial charge < -0.3 is 10.5 Å². The zero-order chi connectivity index (χ0) is 13.2. The van der Waals surface area contributed by atoms with E-state index in [4.69, 9.17) is 10.5 Å². The van der Waals surface area contributed by atoms with E-state index in [9.17, 15) is 0 Å². The molecule has 0 aliphatic carbocycles. The number of nitrogens with two attached hydrogens (primary N) is 1. The third-order valence-corrected chi connectivity index (χ3v) is 5.57. The minimum atomic E-state index is 0.195. The number of hydrogen-bond donors (Lipinski definition) is 1. The summed E-state index contributed by atoms with van der Waals surface area (Å²) in [6.07, 6.45) is 3.42. The monoisotopic (exact) mass is 265 g/mol. The Labute approximate surface area is 114 Å². The van der Waals surface area contributed by atoms with Gasteiger partial charge >= 0.3 is 0 Å². The molecule has 2 nitrogen and oxygen atoms in total. The van der Waals surface area contributed by atoms with Crippen molar-refractivity contribution < 1.29 is 4.74 Å². The summed E-state index contributed by atoms with van der Waals surface area (Å²) in [5.41, 5.74) is 8.94. The van der Waals surface area contributed by atoms with Gasteiger partial charge in [0, 0.05) is 10.8 Å². The van der Waals surface area contributed by atoms with Crippen molar-refractivity contribution in [2.24, 2.45) is 5.73 Å². The van der Waals surface area contributed by atoms with Gasteiger partial charge in [0.15, 0.2) is 0 Å². The summed E-state index contributed by atoms with van der Waals surface area (Å²) >= 11 is 2.02. The Balaban J connectivity index is 2.15. The van der Waals surface area contributed by atoms with E-state index in [0.717, 1.165) is 12.2 Å². The van der Waals surface area contributed by atoms with Gasteiger partial charge in [0.25, 0.3) is 0 Å². The molecular formula is C15H23NOS. The van der Waals surface area contributed by atoms with E-state index in [-0.39, 0.29) is 10.8 Å². The Morgan fingerprint density at radius 1 is 1.50 bits per heavy atom. The fraction of sp³-hybridized carbons (Fsp3) is 0.600. The first-order valence-electron chi connectivity index (χ1n) is 6.58. The highest BCUT2D eigenvalue weighted by Crippen LogP contribution is 2.41. The van der Waals surface area contributed by atoms with Gasteiger partial charge in [0.05, 0.1) is 7.11 Å². The zero-order valence-corrected chi connectivity index (χ0v) is 12.3. The highest BCUT2D eigenvalue weighted by atomic mass is 32.2. The van der Waals surface area contributed by atoms with Crippen LogP contribution in [0.25, 0.3) is 0 Å². The largest absolute Gasteiger partial charge is 0.496 e. The van der Waals surface area contributed by atoms with Crippen molar-refractivity contribution in [3.63, 3.8) is 0 Å². The molecule has 3 heteroatoms. The molecule has 0 bridgehead atoms. The summed E-state index contributed by atoms with van der Waals surface area (Å²) < 4.78 is 5.67. The fourth-order valence-corrected chi connectivity index (χ4v) is 3.95. The Morgan fingerprint density at radius 3 is 2.89 bits per heavy atom. The van der Waals surface area contributed by atoms with Crippen LogP contribution in [0.15, 0.2) is 18.2 Å². The number of methoxy groups -OCH3 is 1. The van der Waals surface area contributed by atoms with Crippen LogP contribution in [0.2, 0.25) is 0 Å². The molecule has 0 saturated carbocycles. The molecule has 100 valence electrons. The summed E-state index contributed by atoms with van der Waals surface area (Å²) in [5, 5.41) is 0.